The Morgan fingerprint density at radius 3 is 2.71 bits per heavy atom. The number of rotatable bonds is 3. The van der Waals surface area contributed by atoms with Gasteiger partial charge in [0, 0.05) is 11.6 Å². The Labute approximate surface area is 99.3 Å². The van der Waals surface area contributed by atoms with Crippen LogP contribution in [0.25, 0.3) is 0 Å². The Balaban J connectivity index is 1.99. The zero-order valence-corrected chi connectivity index (χ0v) is 9.35. The summed E-state index contributed by atoms with van der Waals surface area (Å²) in [6.07, 6.45) is -2.76. The van der Waals surface area contributed by atoms with E-state index >= 15 is 0 Å². The molecule has 17 heavy (non-hydrogen) atoms. The number of anilines is 1. The lowest BCUT2D eigenvalue weighted by molar-refractivity contribution is -0.140. The lowest BCUT2D eigenvalue weighted by atomic mass is 10.3. The van der Waals surface area contributed by atoms with Gasteiger partial charge >= 0.3 is 6.18 Å². The highest BCUT2D eigenvalue weighted by Gasteiger charge is 2.33. The van der Waals surface area contributed by atoms with E-state index in [2.05, 4.69) is 15.3 Å². The van der Waals surface area contributed by atoms with Crippen LogP contribution in [0.3, 0.4) is 0 Å². The van der Waals surface area contributed by atoms with Gasteiger partial charge in [-0.2, -0.15) is 13.2 Å². The van der Waals surface area contributed by atoms with E-state index in [1.807, 2.05) is 6.07 Å². The molecule has 0 atom stereocenters. The highest BCUT2D eigenvalue weighted by molar-refractivity contribution is 7.13. The normalized spacial score (nSPS) is 11.5. The molecule has 0 aliphatic rings. The van der Waals surface area contributed by atoms with Crippen LogP contribution in [0.2, 0.25) is 0 Å². The molecule has 0 aliphatic heterocycles. The molecule has 2 aromatic heterocycles. The third-order valence-corrected chi connectivity index (χ3v) is 2.74. The minimum atomic E-state index is -4.39. The number of thiazole rings is 1. The van der Waals surface area contributed by atoms with Crippen molar-refractivity contribution in [1.82, 2.24) is 9.97 Å². The van der Waals surface area contributed by atoms with E-state index in [0.717, 1.165) is 22.4 Å². The van der Waals surface area contributed by atoms with E-state index in [1.54, 1.807) is 18.3 Å². The van der Waals surface area contributed by atoms with E-state index in [1.165, 1.54) is 0 Å². The lowest BCUT2D eigenvalue weighted by Gasteiger charge is -2.02. The highest BCUT2D eigenvalue weighted by Crippen LogP contribution is 2.31. The fourth-order valence-electron chi connectivity index (χ4n) is 1.15. The zero-order valence-electron chi connectivity index (χ0n) is 8.53. The molecule has 2 rings (SSSR count). The highest BCUT2D eigenvalue weighted by atomic mass is 32.1. The number of pyridine rings is 1. The molecule has 1 N–H and O–H groups in total. The number of hydrogen-bond acceptors (Lipinski definition) is 4. The Morgan fingerprint density at radius 1 is 1.29 bits per heavy atom. The third kappa shape index (κ3) is 3.16. The molecule has 0 radical (unpaired) electrons. The molecule has 2 aromatic rings. The van der Waals surface area contributed by atoms with Crippen molar-refractivity contribution in [3.8, 4) is 0 Å². The maximum atomic E-state index is 12.3. The maximum absolute atomic E-state index is 12.3. The molecular weight excluding hydrogens is 251 g/mol. The van der Waals surface area contributed by atoms with E-state index in [-0.39, 0.29) is 5.13 Å². The first kappa shape index (κ1) is 11.8. The van der Waals surface area contributed by atoms with Gasteiger partial charge in [0.05, 0.1) is 12.2 Å². The summed E-state index contributed by atoms with van der Waals surface area (Å²) in [5, 5.41) is 4.02. The van der Waals surface area contributed by atoms with Gasteiger partial charge in [0.15, 0.2) is 10.8 Å². The van der Waals surface area contributed by atoms with Crippen LogP contribution in [-0.4, -0.2) is 9.97 Å². The van der Waals surface area contributed by atoms with Crippen LogP contribution >= 0.6 is 11.3 Å². The van der Waals surface area contributed by atoms with Crippen LogP contribution in [-0.2, 0) is 12.7 Å². The number of aromatic nitrogens is 2. The van der Waals surface area contributed by atoms with Crippen LogP contribution in [0.4, 0.5) is 18.3 Å². The SMILES string of the molecule is FC(F)(F)c1csc(NCc2ccccn2)n1. The third-order valence-electron chi connectivity index (χ3n) is 1.94. The number of nitrogens with one attached hydrogen (secondary N) is 1. The Kier molecular flexibility index (Phi) is 3.28. The van der Waals surface area contributed by atoms with Crippen LogP contribution < -0.4 is 5.32 Å². The van der Waals surface area contributed by atoms with Gasteiger partial charge in [-0.05, 0) is 12.1 Å². The summed E-state index contributed by atoms with van der Waals surface area (Å²) >= 11 is 0.926. The first-order valence-corrected chi connectivity index (χ1v) is 5.60. The molecule has 0 amide bonds. The van der Waals surface area contributed by atoms with Crippen LogP contribution in [0.15, 0.2) is 29.8 Å². The zero-order chi connectivity index (χ0) is 12.3. The predicted octanol–water partition coefficient (Wildman–Crippen LogP) is 3.17. The van der Waals surface area contributed by atoms with E-state index in [9.17, 15) is 13.2 Å². The molecule has 7 heteroatoms. The van der Waals surface area contributed by atoms with Crippen molar-refractivity contribution < 1.29 is 13.2 Å². The second kappa shape index (κ2) is 4.70. The molecule has 0 unspecified atom stereocenters. The van der Waals surface area contributed by atoms with E-state index in [0.29, 0.717) is 6.54 Å². The summed E-state index contributed by atoms with van der Waals surface area (Å²) in [6.45, 7) is 0.353. The van der Waals surface area contributed by atoms with Crippen molar-refractivity contribution in [3.63, 3.8) is 0 Å². The van der Waals surface area contributed by atoms with Crippen molar-refractivity contribution >= 4 is 16.5 Å². The largest absolute Gasteiger partial charge is 0.434 e. The second-order valence-electron chi connectivity index (χ2n) is 3.21. The second-order valence-corrected chi connectivity index (χ2v) is 4.07. The van der Waals surface area contributed by atoms with Crippen molar-refractivity contribution in [3.05, 3.63) is 41.2 Å². The predicted molar refractivity (Wildman–Crippen MR) is 58.7 cm³/mol. The standard InChI is InChI=1S/C10H8F3N3S/c11-10(12,13)8-6-17-9(16-8)15-5-7-3-1-2-4-14-7/h1-4,6H,5H2,(H,15,16). The average molecular weight is 259 g/mol. The molecule has 0 saturated heterocycles. The summed E-state index contributed by atoms with van der Waals surface area (Å²) in [4.78, 5) is 7.49. The minimum absolute atomic E-state index is 0.239. The molecule has 0 saturated carbocycles. The molecule has 0 spiro atoms. The van der Waals surface area contributed by atoms with Gasteiger partial charge in [-0.3, -0.25) is 4.98 Å². The van der Waals surface area contributed by atoms with Gasteiger partial charge in [-0.15, -0.1) is 11.3 Å². The van der Waals surface area contributed by atoms with Crippen LogP contribution in [0, 0.1) is 0 Å². The molecule has 0 bridgehead atoms. The van der Waals surface area contributed by atoms with Gasteiger partial charge in [0.25, 0.3) is 0 Å². The fraction of sp³-hybridized carbons (Fsp3) is 0.200. The summed E-state index contributed by atoms with van der Waals surface area (Å²) in [6, 6.07) is 5.37. The summed E-state index contributed by atoms with van der Waals surface area (Å²) < 4.78 is 36.8. The minimum Gasteiger partial charge on any atom is -0.356 e. The van der Waals surface area contributed by atoms with Gasteiger partial charge < -0.3 is 5.32 Å². The topological polar surface area (TPSA) is 37.8 Å². The van der Waals surface area contributed by atoms with Crippen molar-refractivity contribution in [2.45, 2.75) is 12.7 Å². The molecule has 3 nitrogen and oxygen atoms in total. The summed E-state index contributed by atoms with van der Waals surface area (Å²) in [7, 11) is 0. The first-order chi connectivity index (χ1) is 8.05. The number of nitrogens with zero attached hydrogens (tertiary/aromatic N) is 2. The molecule has 0 fully saturated rings. The van der Waals surface area contributed by atoms with E-state index < -0.39 is 11.9 Å². The fourth-order valence-corrected chi connectivity index (χ4v) is 1.87. The molecule has 90 valence electrons. The smallest absolute Gasteiger partial charge is 0.356 e. The summed E-state index contributed by atoms with van der Waals surface area (Å²) in [5.74, 6) is 0. The number of alkyl halides is 3. The van der Waals surface area contributed by atoms with Gasteiger partial charge in [-0.25, -0.2) is 4.98 Å². The van der Waals surface area contributed by atoms with Gasteiger partial charge in [-0.1, -0.05) is 6.07 Å². The van der Waals surface area contributed by atoms with Gasteiger partial charge in [0.2, 0.25) is 0 Å². The van der Waals surface area contributed by atoms with E-state index in [4.69, 9.17) is 0 Å². The summed E-state index contributed by atoms with van der Waals surface area (Å²) in [5.41, 5.74) is -0.123. The first-order valence-electron chi connectivity index (χ1n) is 4.72. The average Bonchev–Trinajstić information content (AvgIpc) is 2.76. The van der Waals surface area contributed by atoms with Crippen LogP contribution in [0.5, 0.6) is 0 Å². The van der Waals surface area contributed by atoms with Crippen molar-refractivity contribution in [2.24, 2.45) is 0 Å². The number of hydrogen-bond donors (Lipinski definition) is 1. The van der Waals surface area contributed by atoms with Crippen molar-refractivity contribution in [2.75, 3.05) is 5.32 Å². The Bertz CT molecular complexity index is 481. The lowest BCUT2D eigenvalue weighted by Crippen LogP contribution is -2.06. The Morgan fingerprint density at radius 2 is 2.12 bits per heavy atom. The molecular formula is C10H8F3N3S. The number of halogens is 3. The Hall–Kier alpha value is -1.63. The van der Waals surface area contributed by atoms with Crippen molar-refractivity contribution in [1.29, 1.82) is 0 Å². The molecule has 2 heterocycles. The molecule has 0 aliphatic carbocycles. The monoisotopic (exact) mass is 259 g/mol. The quantitative estimate of drug-likeness (QED) is 0.920. The maximum Gasteiger partial charge on any atom is 0.434 e. The molecule has 0 aromatic carbocycles. The van der Waals surface area contributed by atoms with Gasteiger partial charge in [0.1, 0.15) is 0 Å². The van der Waals surface area contributed by atoms with Crippen LogP contribution in [0.1, 0.15) is 11.4 Å².